The number of pyridine rings is 1. The fourth-order valence-corrected chi connectivity index (χ4v) is 1.97. The van der Waals surface area contributed by atoms with Gasteiger partial charge in [0.15, 0.2) is 0 Å². The van der Waals surface area contributed by atoms with E-state index in [1.165, 1.54) is 0 Å². The lowest BCUT2D eigenvalue weighted by molar-refractivity contribution is -0.117. The van der Waals surface area contributed by atoms with Crippen molar-refractivity contribution >= 4 is 11.8 Å². The zero-order valence-electron chi connectivity index (χ0n) is 11.1. The fraction of sp³-hybridized carbons (Fsp3) is 0.133. The van der Waals surface area contributed by atoms with Gasteiger partial charge in [0.1, 0.15) is 0 Å². The molecule has 0 saturated carbocycles. The number of nitrogens with zero attached hydrogens (tertiary/aromatic N) is 1. The average Bonchev–Trinajstić information content (AvgIpc) is 2.45. The van der Waals surface area contributed by atoms with Gasteiger partial charge in [-0.15, -0.1) is 0 Å². The molecule has 0 aliphatic rings. The summed E-state index contributed by atoms with van der Waals surface area (Å²) in [5.41, 5.74) is 7.80. The quantitative estimate of drug-likeness (QED) is 0.876. The smallest absolute Gasteiger partial charge is 0.254 e. The fourth-order valence-electron chi connectivity index (χ4n) is 1.97. The van der Waals surface area contributed by atoms with Gasteiger partial charge >= 0.3 is 0 Å². The first-order chi connectivity index (χ1) is 9.59. The Bertz CT molecular complexity index is 639. The zero-order chi connectivity index (χ0) is 14.5. The van der Waals surface area contributed by atoms with E-state index < -0.39 is 5.91 Å². The Labute approximate surface area is 116 Å². The lowest BCUT2D eigenvalue weighted by Gasteiger charge is -2.11. The SMILES string of the molecule is Cc1nccc(-c2ccccc2)c1C(=O)NCC(N)=O. The number of nitrogens with one attached hydrogen (secondary N) is 1. The highest BCUT2D eigenvalue weighted by molar-refractivity contribution is 6.02. The second-order valence-corrected chi connectivity index (χ2v) is 4.33. The number of carbonyl (C=O) groups is 2. The minimum Gasteiger partial charge on any atom is -0.368 e. The van der Waals surface area contributed by atoms with E-state index >= 15 is 0 Å². The van der Waals surface area contributed by atoms with Crippen molar-refractivity contribution in [3.63, 3.8) is 0 Å². The monoisotopic (exact) mass is 269 g/mol. The summed E-state index contributed by atoms with van der Waals surface area (Å²) in [6, 6.07) is 11.3. The lowest BCUT2D eigenvalue weighted by atomic mass is 9.99. The van der Waals surface area contributed by atoms with Crippen LogP contribution in [0.4, 0.5) is 0 Å². The molecule has 0 unspecified atom stereocenters. The molecule has 20 heavy (non-hydrogen) atoms. The van der Waals surface area contributed by atoms with Crippen LogP contribution in [0.2, 0.25) is 0 Å². The number of aromatic nitrogens is 1. The number of nitrogens with two attached hydrogens (primary N) is 1. The third-order valence-corrected chi connectivity index (χ3v) is 2.88. The molecular formula is C15H15N3O2. The molecule has 1 heterocycles. The molecule has 0 radical (unpaired) electrons. The lowest BCUT2D eigenvalue weighted by Crippen LogP contribution is -2.34. The molecule has 0 atom stereocenters. The Morgan fingerprint density at radius 3 is 2.55 bits per heavy atom. The summed E-state index contributed by atoms with van der Waals surface area (Å²) in [6.07, 6.45) is 1.66. The van der Waals surface area contributed by atoms with E-state index in [2.05, 4.69) is 10.3 Å². The number of carbonyl (C=O) groups excluding carboxylic acids is 2. The van der Waals surface area contributed by atoms with E-state index in [9.17, 15) is 9.59 Å². The number of benzene rings is 1. The van der Waals surface area contributed by atoms with Crippen LogP contribution >= 0.6 is 0 Å². The van der Waals surface area contributed by atoms with Gasteiger partial charge in [0.2, 0.25) is 5.91 Å². The van der Waals surface area contributed by atoms with Crippen LogP contribution in [0.1, 0.15) is 16.1 Å². The summed E-state index contributed by atoms with van der Waals surface area (Å²) < 4.78 is 0. The van der Waals surface area contributed by atoms with Gasteiger partial charge in [-0.1, -0.05) is 30.3 Å². The highest BCUT2D eigenvalue weighted by atomic mass is 16.2. The van der Waals surface area contributed by atoms with Crippen molar-refractivity contribution in [2.45, 2.75) is 6.92 Å². The van der Waals surface area contributed by atoms with Crippen molar-refractivity contribution in [2.24, 2.45) is 5.73 Å². The van der Waals surface area contributed by atoms with Crippen molar-refractivity contribution in [2.75, 3.05) is 6.54 Å². The molecule has 0 bridgehead atoms. The predicted molar refractivity (Wildman–Crippen MR) is 75.9 cm³/mol. The van der Waals surface area contributed by atoms with Crippen LogP contribution in [-0.2, 0) is 4.79 Å². The molecule has 0 saturated heterocycles. The largest absolute Gasteiger partial charge is 0.368 e. The number of aryl methyl sites for hydroxylation is 1. The Kier molecular flexibility index (Phi) is 4.10. The van der Waals surface area contributed by atoms with Crippen LogP contribution in [0.5, 0.6) is 0 Å². The molecule has 0 aliphatic carbocycles. The maximum Gasteiger partial charge on any atom is 0.254 e. The average molecular weight is 269 g/mol. The highest BCUT2D eigenvalue weighted by Gasteiger charge is 2.16. The summed E-state index contributed by atoms with van der Waals surface area (Å²) in [4.78, 5) is 27.1. The molecule has 1 aromatic carbocycles. The van der Waals surface area contributed by atoms with Gasteiger partial charge in [-0.2, -0.15) is 0 Å². The third-order valence-electron chi connectivity index (χ3n) is 2.88. The first kappa shape index (κ1) is 13.7. The molecule has 0 spiro atoms. The standard InChI is InChI=1S/C15H15N3O2/c1-10-14(15(20)18-9-13(16)19)12(7-8-17-10)11-5-3-2-4-6-11/h2-8H,9H2,1H3,(H2,16,19)(H,18,20). The van der Waals surface area contributed by atoms with Gasteiger partial charge in [0, 0.05) is 6.20 Å². The molecule has 102 valence electrons. The molecule has 0 aliphatic heterocycles. The van der Waals surface area contributed by atoms with Crippen molar-refractivity contribution in [1.29, 1.82) is 0 Å². The van der Waals surface area contributed by atoms with Gasteiger partial charge in [-0.3, -0.25) is 14.6 Å². The van der Waals surface area contributed by atoms with Crippen molar-refractivity contribution in [3.05, 3.63) is 53.9 Å². The summed E-state index contributed by atoms with van der Waals surface area (Å²) in [5.74, 6) is -0.936. The van der Waals surface area contributed by atoms with Crippen LogP contribution in [0.15, 0.2) is 42.6 Å². The second kappa shape index (κ2) is 5.97. The van der Waals surface area contributed by atoms with Gasteiger partial charge in [0.05, 0.1) is 17.8 Å². The highest BCUT2D eigenvalue weighted by Crippen LogP contribution is 2.24. The summed E-state index contributed by atoms with van der Waals surface area (Å²) in [6.45, 7) is 1.56. The van der Waals surface area contributed by atoms with Crippen LogP contribution in [0.25, 0.3) is 11.1 Å². The zero-order valence-corrected chi connectivity index (χ0v) is 11.1. The van der Waals surface area contributed by atoms with Gasteiger partial charge < -0.3 is 11.1 Å². The van der Waals surface area contributed by atoms with Crippen LogP contribution in [0, 0.1) is 6.92 Å². The molecule has 2 rings (SSSR count). The Morgan fingerprint density at radius 1 is 1.20 bits per heavy atom. The number of amides is 2. The molecule has 0 fully saturated rings. The normalized spacial score (nSPS) is 10.1. The van der Waals surface area contributed by atoms with E-state index in [-0.39, 0.29) is 12.5 Å². The van der Waals surface area contributed by atoms with E-state index in [1.54, 1.807) is 19.2 Å². The Morgan fingerprint density at radius 2 is 1.90 bits per heavy atom. The predicted octanol–water partition coefficient (Wildman–Crippen LogP) is 1.27. The first-order valence-electron chi connectivity index (χ1n) is 6.17. The van der Waals surface area contributed by atoms with Crippen molar-refractivity contribution in [3.8, 4) is 11.1 Å². The van der Waals surface area contributed by atoms with E-state index in [0.717, 1.165) is 11.1 Å². The topological polar surface area (TPSA) is 85.1 Å². The van der Waals surface area contributed by atoms with Crippen LogP contribution < -0.4 is 11.1 Å². The molecule has 2 amide bonds. The summed E-state index contributed by atoms with van der Waals surface area (Å²) in [7, 11) is 0. The summed E-state index contributed by atoms with van der Waals surface area (Å²) >= 11 is 0. The van der Waals surface area contributed by atoms with Crippen molar-refractivity contribution in [1.82, 2.24) is 10.3 Å². The number of hydrogen-bond acceptors (Lipinski definition) is 3. The van der Waals surface area contributed by atoms with Gasteiger partial charge in [-0.25, -0.2) is 0 Å². The van der Waals surface area contributed by atoms with Crippen molar-refractivity contribution < 1.29 is 9.59 Å². The molecule has 5 heteroatoms. The number of primary amides is 1. The van der Waals surface area contributed by atoms with Gasteiger partial charge in [0.25, 0.3) is 5.91 Å². The van der Waals surface area contributed by atoms with Crippen LogP contribution in [-0.4, -0.2) is 23.3 Å². The molecule has 3 N–H and O–H groups in total. The Hall–Kier alpha value is -2.69. The number of hydrogen-bond donors (Lipinski definition) is 2. The summed E-state index contributed by atoms with van der Waals surface area (Å²) in [5, 5.41) is 2.50. The molecule has 2 aromatic rings. The Balaban J connectivity index is 2.42. The molecule has 5 nitrogen and oxygen atoms in total. The molecular weight excluding hydrogens is 254 g/mol. The van der Waals surface area contributed by atoms with E-state index in [0.29, 0.717) is 11.3 Å². The molecule has 1 aromatic heterocycles. The van der Waals surface area contributed by atoms with E-state index in [4.69, 9.17) is 5.73 Å². The third kappa shape index (κ3) is 3.00. The number of rotatable bonds is 4. The minimum atomic E-state index is -0.582. The maximum atomic E-state index is 12.2. The van der Waals surface area contributed by atoms with Crippen LogP contribution in [0.3, 0.4) is 0 Å². The maximum absolute atomic E-state index is 12.2. The minimum absolute atomic E-state index is 0.193. The van der Waals surface area contributed by atoms with Gasteiger partial charge in [-0.05, 0) is 24.1 Å². The second-order valence-electron chi connectivity index (χ2n) is 4.33. The van der Waals surface area contributed by atoms with E-state index in [1.807, 2.05) is 30.3 Å². The first-order valence-corrected chi connectivity index (χ1v) is 6.17.